The van der Waals surface area contributed by atoms with Gasteiger partial charge in [0.15, 0.2) is 0 Å². The second-order valence-corrected chi connectivity index (χ2v) is 6.34. The third-order valence-electron chi connectivity index (χ3n) is 3.93. The van der Waals surface area contributed by atoms with Gasteiger partial charge in [0.25, 0.3) is 0 Å². The summed E-state index contributed by atoms with van der Waals surface area (Å²) < 4.78 is 0.953. The standard InChI is InChI=1S/C14H21BrN2O/c1-10-4-6-14(9-18,7-5-10)17-13-3-2-11(16)8-12(13)15/h2-3,8,10,17-18H,4-7,9,16H2,1H3. The number of anilines is 2. The van der Waals surface area contributed by atoms with Crippen molar-refractivity contribution in [1.82, 2.24) is 0 Å². The minimum atomic E-state index is -0.175. The lowest BCUT2D eigenvalue weighted by atomic mass is 9.77. The van der Waals surface area contributed by atoms with Crippen LogP contribution in [0.1, 0.15) is 32.6 Å². The highest BCUT2D eigenvalue weighted by Gasteiger charge is 2.33. The molecule has 18 heavy (non-hydrogen) atoms. The van der Waals surface area contributed by atoms with Gasteiger partial charge in [0.1, 0.15) is 0 Å². The highest BCUT2D eigenvalue weighted by atomic mass is 79.9. The molecule has 0 saturated heterocycles. The molecule has 0 heterocycles. The molecule has 0 atom stereocenters. The molecule has 0 bridgehead atoms. The van der Waals surface area contributed by atoms with Crippen LogP contribution in [0.4, 0.5) is 11.4 Å². The lowest BCUT2D eigenvalue weighted by Gasteiger charge is -2.39. The Morgan fingerprint density at radius 2 is 2.11 bits per heavy atom. The highest BCUT2D eigenvalue weighted by molar-refractivity contribution is 9.10. The predicted molar refractivity (Wildman–Crippen MR) is 79.6 cm³/mol. The zero-order valence-electron chi connectivity index (χ0n) is 10.7. The molecule has 1 aliphatic carbocycles. The summed E-state index contributed by atoms with van der Waals surface area (Å²) in [5.74, 6) is 0.765. The molecule has 0 spiro atoms. The third kappa shape index (κ3) is 2.98. The Morgan fingerprint density at radius 3 is 2.67 bits per heavy atom. The van der Waals surface area contributed by atoms with E-state index in [1.807, 2.05) is 18.2 Å². The quantitative estimate of drug-likeness (QED) is 0.750. The fourth-order valence-corrected chi connectivity index (χ4v) is 3.05. The van der Waals surface area contributed by atoms with Gasteiger partial charge in [-0.15, -0.1) is 0 Å². The maximum Gasteiger partial charge on any atom is 0.0661 e. The number of hydrogen-bond donors (Lipinski definition) is 3. The van der Waals surface area contributed by atoms with Crippen LogP contribution in [0, 0.1) is 5.92 Å². The Bertz CT molecular complexity index is 414. The van der Waals surface area contributed by atoms with E-state index in [0.717, 1.165) is 34.6 Å². The van der Waals surface area contributed by atoms with Crippen LogP contribution >= 0.6 is 15.9 Å². The molecule has 100 valence electrons. The molecular formula is C14H21BrN2O. The summed E-state index contributed by atoms with van der Waals surface area (Å²) in [6.07, 6.45) is 4.36. The number of nitrogen functional groups attached to an aromatic ring is 1. The van der Waals surface area contributed by atoms with Gasteiger partial charge in [0, 0.05) is 15.8 Å². The Hall–Kier alpha value is -0.740. The van der Waals surface area contributed by atoms with Crippen LogP contribution in [-0.2, 0) is 0 Å². The van der Waals surface area contributed by atoms with Crippen molar-refractivity contribution in [3.63, 3.8) is 0 Å². The maximum absolute atomic E-state index is 9.73. The van der Waals surface area contributed by atoms with Crippen LogP contribution in [-0.4, -0.2) is 17.3 Å². The summed E-state index contributed by atoms with van der Waals surface area (Å²) in [7, 11) is 0. The molecule has 2 rings (SSSR count). The van der Waals surface area contributed by atoms with E-state index in [4.69, 9.17) is 5.73 Å². The van der Waals surface area contributed by atoms with Crippen molar-refractivity contribution in [2.75, 3.05) is 17.7 Å². The van der Waals surface area contributed by atoms with Crippen molar-refractivity contribution >= 4 is 27.3 Å². The van der Waals surface area contributed by atoms with E-state index in [0.29, 0.717) is 0 Å². The number of nitrogens with two attached hydrogens (primary N) is 1. The number of hydrogen-bond acceptors (Lipinski definition) is 3. The molecule has 1 fully saturated rings. The number of benzene rings is 1. The van der Waals surface area contributed by atoms with E-state index < -0.39 is 0 Å². The van der Waals surface area contributed by atoms with Gasteiger partial charge < -0.3 is 16.2 Å². The third-order valence-corrected chi connectivity index (χ3v) is 4.58. The molecule has 1 aromatic carbocycles. The fraction of sp³-hybridized carbons (Fsp3) is 0.571. The Kier molecular flexibility index (Phi) is 4.17. The van der Waals surface area contributed by atoms with Gasteiger partial charge in [-0.2, -0.15) is 0 Å². The second kappa shape index (κ2) is 5.49. The Balaban J connectivity index is 2.15. The highest BCUT2D eigenvalue weighted by Crippen LogP contribution is 2.36. The predicted octanol–water partition coefficient (Wildman–Crippen LogP) is 3.38. The number of rotatable bonds is 3. The lowest BCUT2D eigenvalue weighted by Crippen LogP contribution is -2.45. The first kappa shape index (κ1) is 13.7. The molecule has 0 aliphatic heterocycles. The Labute approximate surface area is 117 Å². The van der Waals surface area contributed by atoms with Crippen molar-refractivity contribution in [2.24, 2.45) is 5.92 Å². The maximum atomic E-state index is 9.73. The molecular weight excluding hydrogens is 292 g/mol. The van der Waals surface area contributed by atoms with Crippen molar-refractivity contribution in [1.29, 1.82) is 0 Å². The van der Waals surface area contributed by atoms with Gasteiger partial charge in [0.2, 0.25) is 0 Å². The van der Waals surface area contributed by atoms with Gasteiger partial charge in [-0.1, -0.05) is 6.92 Å². The number of nitrogens with one attached hydrogen (secondary N) is 1. The zero-order valence-corrected chi connectivity index (χ0v) is 12.3. The van der Waals surface area contributed by atoms with Gasteiger partial charge in [-0.3, -0.25) is 0 Å². The van der Waals surface area contributed by atoms with Gasteiger partial charge in [-0.05, 0) is 65.7 Å². The van der Waals surface area contributed by atoms with Crippen LogP contribution in [0.2, 0.25) is 0 Å². The molecule has 0 amide bonds. The molecule has 4 N–H and O–H groups in total. The first-order chi connectivity index (χ1) is 8.54. The van der Waals surface area contributed by atoms with Crippen molar-refractivity contribution in [2.45, 2.75) is 38.1 Å². The Morgan fingerprint density at radius 1 is 1.44 bits per heavy atom. The minimum Gasteiger partial charge on any atom is -0.399 e. The summed E-state index contributed by atoms with van der Waals surface area (Å²) in [5.41, 5.74) is 7.31. The molecule has 4 heteroatoms. The largest absolute Gasteiger partial charge is 0.399 e. The first-order valence-electron chi connectivity index (χ1n) is 6.49. The van der Waals surface area contributed by atoms with Gasteiger partial charge >= 0.3 is 0 Å². The molecule has 1 saturated carbocycles. The smallest absolute Gasteiger partial charge is 0.0661 e. The molecule has 1 aromatic rings. The van der Waals surface area contributed by atoms with Crippen molar-refractivity contribution in [3.8, 4) is 0 Å². The van der Waals surface area contributed by atoms with Crippen LogP contribution in [0.5, 0.6) is 0 Å². The summed E-state index contributed by atoms with van der Waals surface area (Å²) >= 11 is 3.52. The molecule has 0 radical (unpaired) electrons. The van der Waals surface area contributed by atoms with Crippen LogP contribution < -0.4 is 11.1 Å². The van der Waals surface area contributed by atoms with Crippen LogP contribution in [0.3, 0.4) is 0 Å². The van der Waals surface area contributed by atoms with Crippen molar-refractivity contribution in [3.05, 3.63) is 22.7 Å². The molecule has 1 aliphatic rings. The average Bonchev–Trinajstić information content (AvgIpc) is 2.36. The van der Waals surface area contributed by atoms with E-state index in [1.54, 1.807) is 0 Å². The van der Waals surface area contributed by atoms with Gasteiger partial charge in [-0.25, -0.2) is 0 Å². The van der Waals surface area contributed by atoms with Crippen molar-refractivity contribution < 1.29 is 5.11 Å². The number of aliphatic hydroxyl groups is 1. The summed E-state index contributed by atoms with van der Waals surface area (Å²) in [6, 6.07) is 5.73. The molecule has 0 unspecified atom stereocenters. The number of halogens is 1. The van der Waals surface area contributed by atoms with Crippen LogP contribution in [0.25, 0.3) is 0 Å². The lowest BCUT2D eigenvalue weighted by molar-refractivity contribution is 0.155. The molecule has 0 aromatic heterocycles. The first-order valence-corrected chi connectivity index (χ1v) is 7.28. The van der Waals surface area contributed by atoms with Crippen LogP contribution in [0.15, 0.2) is 22.7 Å². The zero-order chi connectivity index (χ0) is 13.2. The van der Waals surface area contributed by atoms with E-state index in [1.165, 1.54) is 12.8 Å². The van der Waals surface area contributed by atoms with E-state index >= 15 is 0 Å². The van der Waals surface area contributed by atoms with Gasteiger partial charge in [0.05, 0.1) is 12.1 Å². The molecule has 3 nitrogen and oxygen atoms in total. The fourth-order valence-electron chi connectivity index (χ4n) is 2.56. The summed E-state index contributed by atoms with van der Waals surface area (Å²) in [6.45, 7) is 2.46. The van der Waals surface area contributed by atoms with E-state index in [2.05, 4.69) is 28.2 Å². The van der Waals surface area contributed by atoms with E-state index in [-0.39, 0.29) is 12.1 Å². The topological polar surface area (TPSA) is 58.3 Å². The average molecular weight is 313 g/mol. The monoisotopic (exact) mass is 312 g/mol. The summed E-state index contributed by atoms with van der Waals surface area (Å²) in [4.78, 5) is 0. The normalized spacial score (nSPS) is 28.1. The van der Waals surface area contributed by atoms with E-state index in [9.17, 15) is 5.11 Å². The SMILES string of the molecule is CC1CCC(CO)(Nc2ccc(N)cc2Br)CC1. The minimum absolute atomic E-state index is 0.175. The summed E-state index contributed by atoms with van der Waals surface area (Å²) in [5, 5.41) is 13.2. The number of aliphatic hydroxyl groups excluding tert-OH is 1. The second-order valence-electron chi connectivity index (χ2n) is 5.49.